The maximum absolute atomic E-state index is 12.8. The Hall–Kier alpha value is -1.79. The number of imide groups is 1. The minimum Gasteiger partial charge on any atom is -0.352 e. The van der Waals surface area contributed by atoms with Crippen LogP contribution in [0, 0.1) is 0 Å². The first-order chi connectivity index (χ1) is 11.8. The van der Waals surface area contributed by atoms with Gasteiger partial charge in [-0.25, -0.2) is 4.79 Å². The van der Waals surface area contributed by atoms with Crippen LogP contribution in [0.1, 0.15) is 38.2 Å². The zero-order chi connectivity index (χ0) is 18.2. The normalized spacial score (nSPS) is 23.9. The monoisotopic (exact) mass is 383 g/mol. The molecule has 4 amide bonds. The quantitative estimate of drug-likeness (QED) is 0.784. The fourth-order valence-corrected chi connectivity index (χ4v) is 4.00. The van der Waals surface area contributed by atoms with Crippen LogP contribution in [0.4, 0.5) is 4.79 Å². The van der Waals surface area contributed by atoms with E-state index in [9.17, 15) is 14.4 Å². The van der Waals surface area contributed by atoms with Gasteiger partial charge in [0.15, 0.2) is 0 Å². The third-order valence-corrected chi connectivity index (χ3v) is 5.31. The van der Waals surface area contributed by atoms with Gasteiger partial charge in [-0.1, -0.05) is 42.1 Å². The summed E-state index contributed by atoms with van der Waals surface area (Å²) >= 11 is 12.1. The van der Waals surface area contributed by atoms with E-state index in [2.05, 4.69) is 10.6 Å². The minimum atomic E-state index is -1.33. The molecule has 1 heterocycles. The van der Waals surface area contributed by atoms with Gasteiger partial charge in [0.2, 0.25) is 5.91 Å². The van der Waals surface area contributed by atoms with E-state index in [0.29, 0.717) is 10.6 Å². The third-order valence-electron chi connectivity index (χ3n) is 4.77. The van der Waals surface area contributed by atoms with Crippen molar-refractivity contribution < 1.29 is 14.4 Å². The molecule has 0 radical (unpaired) electrons. The van der Waals surface area contributed by atoms with Crippen molar-refractivity contribution in [2.75, 3.05) is 6.54 Å². The number of benzene rings is 1. The van der Waals surface area contributed by atoms with Crippen LogP contribution in [0.3, 0.4) is 0 Å². The molecular formula is C17H19Cl2N3O3. The van der Waals surface area contributed by atoms with Crippen molar-refractivity contribution in [2.45, 2.75) is 44.2 Å². The predicted molar refractivity (Wildman–Crippen MR) is 94.5 cm³/mol. The van der Waals surface area contributed by atoms with Gasteiger partial charge in [0.25, 0.3) is 5.91 Å². The fraction of sp³-hybridized carbons (Fsp3) is 0.471. The molecule has 1 aliphatic carbocycles. The average Bonchev–Trinajstić information content (AvgIpc) is 3.10. The van der Waals surface area contributed by atoms with Crippen molar-refractivity contribution in [1.29, 1.82) is 0 Å². The fourth-order valence-electron chi connectivity index (χ4n) is 3.41. The highest BCUT2D eigenvalue weighted by Crippen LogP contribution is 2.34. The summed E-state index contributed by atoms with van der Waals surface area (Å²) in [4.78, 5) is 38.2. The second kappa shape index (κ2) is 6.84. The van der Waals surface area contributed by atoms with Gasteiger partial charge < -0.3 is 10.6 Å². The van der Waals surface area contributed by atoms with Gasteiger partial charge in [0, 0.05) is 21.7 Å². The Balaban J connectivity index is 1.76. The number of carbonyl (C=O) groups excluding carboxylic acids is 3. The van der Waals surface area contributed by atoms with E-state index in [1.165, 1.54) is 6.07 Å². The number of carbonyl (C=O) groups is 3. The molecule has 8 heteroatoms. The van der Waals surface area contributed by atoms with E-state index in [1.807, 2.05) is 0 Å². The lowest BCUT2D eigenvalue weighted by molar-refractivity contribution is -0.135. The zero-order valence-corrected chi connectivity index (χ0v) is 15.3. The lowest BCUT2D eigenvalue weighted by Crippen LogP contribution is -2.45. The van der Waals surface area contributed by atoms with E-state index in [0.717, 1.165) is 30.6 Å². The highest BCUT2D eigenvalue weighted by atomic mass is 35.5. The van der Waals surface area contributed by atoms with Crippen molar-refractivity contribution in [3.05, 3.63) is 33.8 Å². The summed E-state index contributed by atoms with van der Waals surface area (Å²) in [7, 11) is 0. The van der Waals surface area contributed by atoms with Crippen LogP contribution >= 0.6 is 23.2 Å². The smallest absolute Gasteiger partial charge is 0.325 e. The van der Waals surface area contributed by atoms with Crippen molar-refractivity contribution in [2.24, 2.45) is 0 Å². The molecule has 2 fully saturated rings. The summed E-state index contributed by atoms with van der Waals surface area (Å²) in [6.45, 7) is 1.26. The van der Waals surface area contributed by atoms with E-state index in [4.69, 9.17) is 23.2 Å². The van der Waals surface area contributed by atoms with Crippen LogP contribution in [0.5, 0.6) is 0 Å². The van der Waals surface area contributed by atoms with Crippen LogP contribution < -0.4 is 10.6 Å². The lowest BCUT2D eigenvalue weighted by atomic mass is 9.92. The molecule has 2 aliphatic rings. The Morgan fingerprint density at radius 2 is 2.00 bits per heavy atom. The Labute approximate surface area is 155 Å². The molecule has 0 unspecified atom stereocenters. The molecule has 3 rings (SSSR count). The molecule has 1 saturated heterocycles. The summed E-state index contributed by atoms with van der Waals surface area (Å²) in [6, 6.07) is 4.23. The second-order valence-electron chi connectivity index (χ2n) is 6.62. The van der Waals surface area contributed by atoms with Gasteiger partial charge in [0.05, 0.1) is 0 Å². The minimum absolute atomic E-state index is 0.130. The molecule has 1 aromatic carbocycles. The molecule has 1 saturated carbocycles. The SMILES string of the molecule is C[C@@]1(c2ccc(Cl)cc2Cl)NC(=O)N(CC(=O)NC2CCCC2)C1=O. The number of hydrogen-bond donors (Lipinski definition) is 2. The summed E-state index contributed by atoms with van der Waals surface area (Å²) in [5, 5.41) is 6.22. The molecule has 0 aromatic heterocycles. The summed E-state index contributed by atoms with van der Waals surface area (Å²) in [5.41, 5.74) is -0.887. The predicted octanol–water partition coefficient (Wildman–Crippen LogP) is 2.82. The van der Waals surface area contributed by atoms with E-state index in [-0.39, 0.29) is 23.5 Å². The van der Waals surface area contributed by atoms with E-state index in [1.54, 1.807) is 19.1 Å². The first-order valence-electron chi connectivity index (χ1n) is 8.20. The van der Waals surface area contributed by atoms with Crippen LogP contribution in [0.15, 0.2) is 18.2 Å². The van der Waals surface area contributed by atoms with E-state index >= 15 is 0 Å². The second-order valence-corrected chi connectivity index (χ2v) is 7.46. The van der Waals surface area contributed by atoms with E-state index < -0.39 is 17.5 Å². The standard InChI is InChI=1S/C17H19Cl2N3O3/c1-17(12-7-6-10(18)8-13(12)19)15(24)22(16(25)21-17)9-14(23)20-11-4-2-3-5-11/h6-8,11H,2-5,9H2,1H3,(H,20,23)(H,21,25)/t17-/m0/s1. The number of hydrogen-bond acceptors (Lipinski definition) is 3. The summed E-state index contributed by atoms with van der Waals surface area (Å²) in [6.07, 6.45) is 4.04. The summed E-state index contributed by atoms with van der Waals surface area (Å²) < 4.78 is 0. The molecular weight excluding hydrogens is 365 g/mol. The Morgan fingerprint density at radius 3 is 2.64 bits per heavy atom. The van der Waals surface area contributed by atoms with Crippen LogP contribution in [-0.2, 0) is 15.1 Å². The first-order valence-corrected chi connectivity index (χ1v) is 8.96. The van der Waals surface area contributed by atoms with Gasteiger partial charge in [-0.2, -0.15) is 0 Å². The number of rotatable bonds is 4. The Bertz CT molecular complexity index is 734. The Morgan fingerprint density at radius 1 is 1.32 bits per heavy atom. The third kappa shape index (κ3) is 3.46. The molecule has 134 valence electrons. The highest BCUT2D eigenvalue weighted by Gasteiger charge is 2.50. The van der Waals surface area contributed by atoms with Crippen molar-refractivity contribution in [3.8, 4) is 0 Å². The molecule has 0 bridgehead atoms. The van der Waals surface area contributed by atoms with Gasteiger partial charge in [-0.3, -0.25) is 14.5 Å². The average molecular weight is 384 g/mol. The maximum atomic E-state index is 12.8. The molecule has 1 atom stereocenters. The number of urea groups is 1. The molecule has 6 nitrogen and oxygen atoms in total. The van der Waals surface area contributed by atoms with Crippen LogP contribution in [-0.4, -0.2) is 35.3 Å². The molecule has 1 aliphatic heterocycles. The van der Waals surface area contributed by atoms with Crippen molar-refractivity contribution in [1.82, 2.24) is 15.5 Å². The summed E-state index contributed by atoms with van der Waals surface area (Å²) in [5.74, 6) is -0.842. The van der Waals surface area contributed by atoms with Gasteiger partial charge in [0.1, 0.15) is 12.1 Å². The van der Waals surface area contributed by atoms with Crippen molar-refractivity contribution >= 4 is 41.0 Å². The molecule has 1 aromatic rings. The van der Waals surface area contributed by atoms with Crippen LogP contribution in [0.25, 0.3) is 0 Å². The largest absolute Gasteiger partial charge is 0.352 e. The number of halogens is 2. The van der Waals surface area contributed by atoms with Gasteiger partial charge >= 0.3 is 6.03 Å². The topological polar surface area (TPSA) is 78.5 Å². The highest BCUT2D eigenvalue weighted by molar-refractivity contribution is 6.35. The lowest BCUT2D eigenvalue weighted by Gasteiger charge is -2.23. The number of amides is 4. The maximum Gasteiger partial charge on any atom is 0.325 e. The number of nitrogens with one attached hydrogen (secondary N) is 2. The van der Waals surface area contributed by atoms with Gasteiger partial charge in [-0.05, 0) is 31.9 Å². The zero-order valence-electron chi connectivity index (χ0n) is 13.8. The van der Waals surface area contributed by atoms with Crippen molar-refractivity contribution in [3.63, 3.8) is 0 Å². The van der Waals surface area contributed by atoms with Crippen LogP contribution in [0.2, 0.25) is 10.0 Å². The Kier molecular flexibility index (Phi) is 4.93. The molecule has 0 spiro atoms. The molecule has 2 N–H and O–H groups in total. The first kappa shape index (κ1) is 18.0. The van der Waals surface area contributed by atoms with Gasteiger partial charge in [-0.15, -0.1) is 0 Å². The number of nitrogens with zero attached hydrogens (tertiary/aromatic N) is 1. The molecule has 25 heavy (non-hydrogen) atoms.